The molecule has 0 aliphatic carbocycles. The molecule has 0 bridgehead atoms. The molecule has 1 saturated heterocycles. The van der Waals surface area contributed by atoms with Crippen molar-refractivity contribution < 1.29 is 14.7 Å². The van der Waals surface area contributed by atoms with Crippen molar-refractivity contribution in [1.82, 2.24) is 20.4 Å². The average Bonchev–Trinajstić information content (AvgIpc) is 3.06. The zero-order valence-electron chi connectivity index (χ0n) is 14.2. The maximum atomic E-state index is 12.4. The van der Waals surface area contributed by atoms with Gasteiger partial charge < -0.3 is 15.3 Å². The Morgan fingerprint density at radius 3 is 2.76 bits per heavy atom. The summed E-state index contributed by atoms with van der Waals surface area (Å²) < 4.78 is 0. The van der Waals surface area contributed by atoms with Crippen LogP contribution in [-0.4, -0.2) is 45.3 Å². The number of nitrogens with one attached hydrogen (secondary N) is 2. The van der Waals surface area contributed by atoms with E-state index in [1.165, 1.54) is 0 Å². The highest BCUT2D eigenvalue weighted by Gasteiger charge is 2.26. The lowest BCUT2D eigenvalue weighted by molar-refractivity contribution is 0.0697. The average molecular weight is 342 g/mol. The number of H-pyrrole nitrogens is 1. The number of benzene rings is 1. The number of amides is 2. The summed E-state index contributed by atoms with van der Waals surface area (Å²) in [7, 11) is 0. The number of aromatic amines is 1. The van der Waals surface area contributed by atoms with Crippen molar-refractivity contribution in [1.29, 1.82) is 0 Å². The number of aromatic nitrogens is 2. The summed E-state index contributed by atoms with van der Waals surface area (Å²) in [5, 5.41) is 19.1. The van der Waals surface area contributed by atoms with Crippen molar-refractivity contribution in [3.63, 3.8) is 0 Å². The predicted molar refractivity (Wildman–Crippen MR) is 92.5 cm³/mol. The van der Waals surface area contributed by atoms with Gasteiger partial charge >= 0.3 is 12.0 Å². The van der Waals surface area contributed by atoms with Crippen LogP contribution < -0.4 is 5.32 Å². The Hall–Kier alpha value is -2.83. The number of hydrogen-bond acceptors (Lipinski definition) is 3. The Morgan fingerprint density at radius 2 is 2.12 bits per heavy atom. The standard InChI is InChI=1S/C18H22N4O3/c1-12-9-16(21-20-12)15-3-2-8-22(11-15)18(25)19-10-13-4-6-14(7-5-13)17(23)24/h4-7,9,15H,2-3,8,10-11H2,1H3,(H,19,25)(H,20,21)(H,23,24). The van der Waals surface area contributed by atoms with E-state index in [1.54, 1.807) is 24.3 Å². The molecule has 1 aromatic carbocycles. The van der Waals surface area contributed by atoms with Gasteiger partial charge in [0, 0.05) is 31.2 Å². The van der Waals surface area contributed by atoms with E-state index in [9.17, 15) is 9.59 Å². The summed E-state index contributed by atoms with van der Waals surface area (Å²) in [5.41, 5.74) is 3.15. The van der Waals surface area contributed by atoms with Gasteiger partial charge in [-0.2, -0.15) is 5.10 Å². The summed E-state index contributed by atoms with van der Waals surface area (Å²) in [6.07, 6.45) is 1.99. The minimum atomic E-state index is -0.955. The van der Waals surface area contributed by atoms with Crippen molar-refractivity contribution in [2.24, 2.45) is 0 Å². The van der Waals surface area contributed by atoms with Gasteiger partial charge in [0.25, 0.3) is 0 Å². The number of carbonyl (C=O) groups is 2. The molecule has 0 radical (unpaired) electrons. The molecule has 0 spiro atoms. The maximum Gasteiger partial charge on any atom is 0.335 e. The highest BCUT2D eigenvalue weighted by atomic mass is 16.4. The van der Waals surface area contributed by atoms with Gasteiger partial charge in [-0.3, -0.25) is 5.10 Å². The zero-order valence-corrected chi connectivity index (χ0v) is 14.2. The van der Waals surface area contributed by atoms with Crippen LogP contribution in [0.2, 0.25) is 0 Å². The Bertz CT molecular complexity index is 754. The van der Waals surface area contributed by atoms with Gasteiger partial charge in [-0.25, -0.2) is 9.59 Å². The first-order chi connectivity index (χ1) is 12.0. The number of urea groups is 1. The van der Waals surface area contributed by atoms with Gasteiger partial charge in [0.1, 0.15) is 0 Å². The SMILES string of the molecule is Cc1cc(C2CCCN(C(=O)NCc3ccc(C(=O)O)cc3)C2)n[nH]1. The number of carbonyl (C=O) groups excluding carboxylic acids is 1. The molecule has 7 heteroatoms. The summed E-state index contributed by atoms with van der Waals surface area (Å²) in [6.45, 7) is 3.75. The molecule has 2 amide bonds. The van der Waals surface area contributed by atoms with Gasteiger partial charge in [-0.1, -0.05) is 12.1 Å². The number of carboxylic acids is 1. The van der Waals surface area contributed by atoms with E-state index in [1.807, 2.05) is 17.9 Å². The van der Waals surface area contributed by atoms with Crippen LogP contribution in [0.4, 0.5) is 4.79 Å². The lowest BCUT2D eigenvalue weighted by Crippen LogP contribution is -2.44. The first-order valence-electron chi connectivity index (χ1n) is 8.40. The molecule has 0 saturated carbocycles. The molecule has 1 aliphatic heterocycles. The molecule has 1 fully saturated rings. The van der Waals surface area contributed by atoms with E-state index < -0.39 is 5.97 Å². The molecule has 2 aromatic rings. The summed E-state index contributed by atoms with van der Waals surface area (Å²) in [5.74, 6) is -0.692. The van der Waals surface area contributed by atoms with Crippen LogP contribution >= 0.6 is 0 Å². The van der Waals surface area contributed by atoms with E-state index in [4.69, 9.17) is 5.11 Å². The molecular formula is C18H22N4O3. The minimum absolute atomic E-state index is 0.0979. The molecule has 132 valence electrons. The summed E-state index contributed by atoms with van der Waals surface area (Å²) in [6, 6.07) is 8.46. The van der Waals surface area contributed by atoms with Crippen LogP contribution in [0.3, 0.4) is 0 Å². The van der Waals surface area contributed by atoms with Crippen molar-refractivity contribution in [2.75, 3.05) is 13.1 Å². The number of rotatable bonds is 4. The monoisotopic (exact) mass is 342 g/mol. The van der Waals surface area contributed by atoms with Crippen LogP contribution in [0.1, 0.15) is 46.1 Å². The molecule has 3 N–H and O–H groups in total. The Labute approximate surface area is 146 Å². The molecule has 1 atom stereocenters. The fourth-order valence-electron chi connectivity index (χ4n) is 3.11. The number of aromatic carboxylic acids is 1. The van der Waals surface area contributed by atoms with E-state index in [-0.39, 0.29) is 17.5 Å². The lowest BCUT2D eigenvalue weighted by atomic mass is 9.95. The molecular weight excluding hydrogens is 320 g/mol. The molecule has 25 heavy (non-hydrogen) atoms. The Kier molecular flexibility index (Phi) is 5.02. The van der Waals surface area contributed by atoms with E-state index in [0.29, 0.717) is 13.1 Å². The van der Waals surface area contributed by atoms with Gasteiger partial charge in [-0.15, -0.1) is 0 Å². The number of nitrogens with zero attached hydrogens (tertiary/aromatic N) is 2. The van der Waals surface area contributed by atoms with E-state index >= 15 is 0 Å². The van der Waals surface area contributed by atoms with Crippen LogP contribution in [0.15, 0.2) is 30.3 Å². The van der Waals surface area contributed by atoms with Crippen LogP contribution in [0.25, 0.3) is 0 Å². The predicted octanol–water partition coefficient (Wildman–Crippen LogP) is 2.51. The summed E-state index contributed by atoms with van der Waals surface area (Å²) in [4.78, 5) is 25.1. The summed E-state index contributed by atoms with van der Waals surface area (Å²) >= 11 is 0. The quantitative estimate of drug-likeness (QED) is 0.795. The normalized spacial score (nSPS) is 17.3. The zero-order chi connectivity index (χ0) is 17.8. The molecule has 1 aliphatic rings. The van der Waals surface area contributed by atoms with E-state index in [2.05, 4.69) is 15.5 Å². The van der Waals surface area contributed by atoms with Crippen LogP contribution in [-0.2, 0) is 6.54 Å². The molecule has 7 nitrogen and oxygen atoms in total. The number of likely N-dealkylation sites (tertiary alicyclic amines) is 1. The smallest absolute Gasteiger partial charge is 0.335 e. The third-order valence-electron chi connectivity index (χ3n) is 4.50. The van der Waals surface area contributed by atoms with Crippen molar-refractivity contribution in [2.45, 2.75) is 32.2 Å². The van der Waals surface area contributed by atoms with Crippen LogP contribution in [0.5, 0.6) is 0 Å². The number of aryl methyl sites for hydroxylation is 1. The highest BCUT2D eigenvalue weighted by molar-refractivity contribution is 5.87. The third kappa shape index (κ3) is 4.17. The number of hydrogen-bond donors (Lipinski definition) is 3. The van der Waals surface area contributed by atoms with Gasteiger partial charge in [0.15, 0.2) is 0 Å². The fraction of sp³-hybridized carbons (Fsp3) is 0.389. The lowest BCUT2D eigenvalue weighted by Gasteiger charge is -2.32. The van der Waals surface area contributed by atoms with Crippen LogP contribution in [0, 0.1) is 6.92 Å². The van der Waals surface area contributed by atoms with Gasteiger partial charge in [0.05, 0.1) is 11.3 Å². The minimum Gasteiger partial charge on any atom is -0.478 e. The largest absolute Gasteiger partial charge is 0.478 e. The first kappa shape index (κ1) is 17.0. The third-order valence-corrected chi connectivity index (χ3v) is 4.50. The number of carboxylic acid groups (broad SMARTS) is 1. The second-order valence-electron chi connectivity index (χ2n) is 6.42. The van der Waals surface area contributed by atoms with Gasteiger partial charge in [-0.05, 0) is 43.5 Å². The Balaban J connectivity index is 1.54. The first-order valence-corrected chi connectivity index (χ1v) is 8.40. The molecule has 1 unspecified atom stereocenters. The Morgan fingerprint density at radius 1 is 1.36 bits per heavy atom. The number of piperidine rings is 1. The van der Waals surface area contributed by atoms with E-state index in [0.717, 1.165) is 36.3 Å². The fourth-order valence-corrected chi connectivity index (χ4v) is 3.11. The van der Waals surface area contributed by atoms with Crippen molar-refractivity contribution in [3.05, 3.63) is 52.8 Å². The topological polar surface area (TPSA) is 98.3 Å². The second-order valence-corrected chi connectivity index (χ2v) is 6.42. The van der Waals surface area contributed by atoms with Gasteiger partial charge in [0.2, 0.25) is 0 Å². The van der Waals surface area contributed by atoms with Crippen molar-refractivity contribution >= 4 is 12.0 Å². The molecule has 1 aromatic heterocycles. The molecule has 2 heterocycles. The molecule has 3 rings (SSSR count). The van der Waals surface area contributed by atoms with Crippen molar-refractivity contribution in [3.8, 4) is 0 Å². The highest BCUT2D eigenvalue weighted by Crippen LogP contribution is 2.25. The second kappa shape index (κ2) is 7.38. The maximum absolute atomic E-state index is 12.4.